The fourth-order valence-electron chi connectivity index (χ4n) is 4.59. The maximum atomic E-state index is 11.2. The van der Waals surface area contributed by atoms with E-state index in [0.717, 1.165) is 25.3 Å². The summed E-state index contributed by atoms with van der Waals surface area (Å²) in [6.45, 7) is 5.19. The van der Waals surface area contributed by atoms with Crippen molar-refractivity contribution in [2.75, 3.05) is 31.6 Å². The summed E-state index contributed by atoms with van der Waals surface area (Å²) in [6, 6.07) is 12.7. The van der Waals surface area contributed by atoms with Crippen LogP contribution in [0, 0.1) is 18.8 Å². The van der Waals surface area contributed by atoms with Crippen LogP contribution in [0.1, 0.15) is 27.7 Å². The smallest absolute Gasteiger partial charge is 0.354 e. The number of rotatable bonds is 3. The maximum absolute atomic E-state index is 11.2. The molecule has 1 aromatic carbocycles. The van der Waals surface area contributed by atoms with Crippen LogP contribution in [0.5, 0.6) is 0 Å². The maximum Gasteiger partial charge on any atom is 0.354 e. The number of halogens is 2. The van der Waals surface area contributed by atoms with Gasteiger partial charge in [0.2, 0.25) is 0 Å². The highest BCUT2D eigenvalue weighted by Crippen LogP contribution is 2.45. The second-order valence-electron chi connectivity index (χ2n) is 7.27. The number of hydrogen-bond donors (Lipinski definition) is 1. The molecule has 27 heavy (non-hydrogen) atoms. The Labute approximate surface area is 172 Å². The number of carboxylic acids is 1. The average Bonchev–Trinajstić information content (AvgIpc) is 3.12. The van der Waals surface area contributed by atoms with Gasteiger partial charge in [-0.3, -0.25) is 4.90 Å². The van der Waals surface area contributed by atoms with Crippen molar-refractivity contribution in [1.29, 1.82) is 0 Å². The van der Waals surface area contributed by atoms with Gasteiger partial charge in [-0.1, -0.05) is 24.3 Å². The number of aromatic carboxylic acids is 1. The Balaban J connectivity index is 0.00000131. The number of anilines is 1. The van der Waals surface area contributed by atoms with Gasteiger partial charge in [0.1, 0.15) is 5.69 Å². The quantitative estimate of drug-likeness (QED) is 0.837. The molecule has 2 aromatic rings. The van der Waals surface area contributed by atoms with E-state index in [2.05, 4.69) is 53.0 Å². The van der Waals surface area contributed by atoms with Crippen LogP contribution in [0.25, 0.3) is 0 Å². The molecule has 7 heteroatoms. The van der Waals surface area contributed by atoms with Gasteiger partial charge in [-0.05, 0) is 43.1 Å². The third kappa shape index (κ3) is 3.91. The molecule has 4 rings (SSSR count). The SMILES string of the molecule is Cc1ccccc1[C@H]1[C@@H]2CN(c3ccnc(C(=O)O)c3)C[C@@H]2CN1C.Cl.Cl. The molecular weight excluding hydrogens is 385 g/mol. The first-order valence-corrected chi connectivity index (χ1v) is 8.74. The zero-order valence-corrected chi connectivity index (χ0v) is 17.0. The standard InChI is InChI=1S/C20H23N3O2.2ClH/c1-13-5-3-4-6-16(13)19-17-12-23(11-14(17)10-22(19)2)15-7-8-21-18(9-15)20(24)25;;/h3-9,14,17,19H,10-12H2,1-2H3,(H,24,25);2*1H/t14-,17+,19-;;/m0../s1. The number of likely N-dealkylation sites (tertiary alicyclic amines) is 1. The van der Waals surface area contributed by atoms with Crippen LogP contribution in [0.4, 0.5) is 5.69 Å². The van der Waals surface area contributed by atoms with Crippen LogP contribution in [0.2, 0.25) is 0 Å². The summed E-state index contributed by atoms with van der Waals surface area (Å²) in [7, 11) is 2.22. The largest absolute Gasteiger partial charge is 0.477 e. The molecule has 5 nitrogen and oxygen atoms in total. The monoisotopic (exact) mass is 409 g/mol. The summed E-state index contributed by atoms with van der Waals surface area (Å²) in [6.07, 6.45) is 1.60. The van der Waals surface area contributed by atoms with Gasteiger partial charge < -0.3 is 10.0 Å². The Morgan fingerprint density at radius 3 is 2.59 bits per heavy atom. The number of nitrogens with zero attached hydrogens (tertiary/aromatic N) is 3. The first kappa shape index (κ1) is 21.5. The Bertz CT molecular complexity index is 817. The van der Waals surface area contributed by atoms with E-state index in [1.54, 1.807) is 12.3 Å². The van der Waals surface area contributed by atoms with Gasteiger partial charge in [0.05, 0.1) is 0 Å². The van der Waals surface area contributed by atoms with E-state index in [0.29, 0.717) is 17.9 Å². The molecule has 0 radical (unpaired) electrons. The third-order valence-corrected chi connectivity index (χ3v) is 5.73. The molecular formula is C20H25Cl2N3O2. The molecule has 0 bridgehead atoms. The van der Waals surface area contributed by atoms with Crippen LogP contribution in [-0.4, -0.2) is 47.6 Å². The van der Waals surface area contributed by atoms with E-state index in [4.69, 9.17) is 0 Å². The molecule has 2 saturated heterocycles. The molecule has 0 aliphatic carbocycles. The predicted molar refractivity (Wildman–Crippen MR) is 111 cm³/mol. The number of pyridine rings is 1. The highest BCUT2D eigenvalue weighted by atomic mass is 35.5. The number of aryl methyl sites for hydroxylation is 1. The highest BCUT2D eigenvalue weighted by molar-refractivity contribution is 5.86. The van der Waals surface area contributed by atoms with Crippen LogP contribution < -0.4 is 4.90 Å². The molecule has 1 aromatic heterocycles. The summed E-state index contributed by atoms with van der Waals surface area (Å²) in [5.74, 6) is 0.197. The van der Waals surface area contributed by atoms with Crippen molar-refractivity contribution in [3.8, 4) is 0 Å². The number of carboxylic acid groups (broad SMARTS) is 1. The van der Waals surface area contributed by atoms with Crippen molar-refractivity contribution in [2.24, 2.45) is 11.8 Å². The minimum absolute atomic E-state index is 0. The lowest BCUT2D eigenvalue weighted by atomic mass is 9.88. The number of benzene rings is 1. The molecule has 0 amide bonds. The van der Waals surface area contributed by atoms with Gasteiger partial charge in [0.15, 0.2) is 0 Å². The molecule has 1 N–H and O–H groups in total. The van der Waals surface area contributed by atoms with Gasteiger partial charge in [-0.25, -0.2) is 9.78 Å². The van der Waals surface area contributed by atoms with Gasteiger partial charge in [0.25, 0.3) is 0 Å². The second-order valence-corrected chi connectivity index (χ2v) is 7.27. The topological polar surface area (TPSA) is 56.7 Å². The molecule has 0 spiro atoms. The predicted octanol–water partition coefficient (Wildman–Crippen LogP) is 3.67. The zero-order valence-electron chi connectivity index (χ0n) is 15.4. The molecule has 2 fully saturated rings. The van der Waals surface area contributed by atoms with E-state index in [1.165, 1.54) is 11.1 Å². The number of aromatic nitrogens is 1. The lowest BCUT2D eigenvalue weighted by Gasteiger charge is -2.28. The lowest BCUT2D eigenvalue weighted by molar-refractivity contribution is 0.0690. The van der Waals surface area contributed by atoms with Crippen LogP contribution >= 0.6 is 24.8 Å². The minimum Gasteiger partial charge on any atom is -0.477 e. The minimum atomic E-state index is -0.973. The van der Waals surface area contributed by atoms with Gasteiger partial charge in [-0.15, -0.1) is 24.8 Å². The molecule has 2 aliphatic rings. The summed E-state index contributed by atoms with van der Waals surface area (Å²) < 4.78 is 0. The first-order chi connectivity index (χ1) is 12.0. The lowest BCUT2D eigenvalue weighted by Crippen LogP contribution is -2.29. The molecule has 2 aliphatic heterocycles. The van der Waals surface area contributed by atoms with Crippen molar-refractivity contribution in [3.05, 3.63) is 59.4 Å². The Morgan fingerprint density at radius 2 is 1.89 bits per heavy atom. The van der Waals surface area contributed by atoms with E-state index in [1.807, 2.05) is 6.07 Å². The number of hydrogen-bond acceptors (Lipinski definition) is 4. The molecule has 146 valence electrons. The molecule has 0 unspecified atom stereocenters. The Kier molecular flexibility index (Phi) is 6.73. The van der Waals surface area contributed by atoms with Gasteiger partial charge in [-0.2, -0.15) is 0 Å². The van der Waals surface area contributed by atoms with Crippen molar-refractivity contribution < 1.29 is 9.90 Å². The summed E-state index contributed by atoms with van der Waals surface area (Å²) in [5, 5.41) is 9.18. The van der Waals surface area contributed by atoms with Crippen LogP contribution in [-0.2, 0) is 0 Å². The zero-order chi connectivity index (χ0) is 17.6. The Morgan fingerprint density at radius 1 is 1.15 bits per heavy atom. The van der Waals surface area contributed by atoms with E-state index in [-0.39, 0.29) is 30.5 Å². The van der Waals surface area contributed by atoms with E-state index < -0.39 is 5.97 Å². The number of fused-ring (bicyclic) bond motifs is 1. The highest BCUT2D eigenvalue weighted by Gasteiger charge is 2.46. The fourth-order valence-corrected chi connectivity index (χ4v) is 4.59. The van der Waals surface area contributed by atoms with Crippen molar-refractivity contribution in [1.82, 2.24) is 9.88 Å². The third-order valence-electron chi connectivity index (χ3n) is 5.73. The average molecular weight is 410 g/mol. The van der Waals surface area contributed by atoms with Crippen LogP contribution in [0.3, 0.4) is 0 Å². The van der Waals surface area contributed by atoms with Crippen molar-refractivity contribution in [3.63, 3.8) is 0 Å². The molecule has 0 saturated carbocycles. The van der Waals surface area contributed by atoms with Crippen molar-refractivity contribution in [2.45, 2.75) is 13.0 Å². The summed E-state index contributed by atoms with van der Waals surface area (Å²) in [5.41, 5.74) is 3.84. The normalized spacial score (nSPS) is 24.1. The second kappa shape index (κ2) is 8.46. The van der Waals surface area contributed by atoms with E-state index >= 15 is 0 Å². The van der Waals surface area contributed by atoms with Crippen molar-refractivity contribution >= 4 is 36.5 Å². The molecule has 3 atom stereocenters. The van der Waals surface area contributed by atoms with E-state index in [9.17, 15) is 9.90 Å². The molecule has 3 heterocycles. The fraction of sp³-hybridized carbons (Fsp3) is 0.400. The summed E-state index contributed by atoms with van der Waals surface area (Å²) >= 11 is 0. The first-order valence-electron chi connectivity index (χ1n) is 8.74. The van der Waals surface area contributed by atoms with Gasteiger partial charge >= 0.3 is 5.97 Å². The van der Waals surface area contributed by atoms with Crippen LogP contribution in [0.15, 0.2) is 42.6 Å². The Hall–Kier alpha value is -1.82. The summed E-state index contributed by atoms with van der Waals surface area (Å²) in [4.78, 5) is 19.9. The van der Waals surface area contributed by atoms with Gasteiger partial charge in [0, 0.05) is 43.5 Å². The number of carbonyl (C=O) groups is 1.